The molecule has 12 heavy (non-hydrogen) atoms. The molecule has 0 aliphatic carbocycles. The van der Waals surface area contributed by atoms with Crippen molar-refractivity contribution in [3.05, 3.63) is 0 Å². The van der Waals surface area contributed by atoms with Crippen LogP contribution in [0.25, 0.3) is 0 Å². The minimum absolute atomic E-state index is 0.0319. The van der Waals surface area contributed by atoms with E-state index in [-0.39, 0.29) is 5.91 Å². The van der Waals surface area contributed by atoms with Crippen molar-refractivity contribution in [1.29, 1.82) is 0 Å². The van der Waals surface area contributed by atoms with E-state index >= 15 is 0 Å². The zero-order valence-corrected chi connectivity index (χ0v) is 8.18. The number of carbonyl (C=O) groups is 1. The molecule has 0 bridgehead atoms. The number of nitrogens with zero attached hydrogens (tertiary/aromatic N) is 1. The molecule has 0 aliphatic heterocycles. The maximum Gasteiger partial charge on any atom is 0.216 e. The lowest BCUT2D eigenvalue weighted by atomic mass is 10.5. The first-order valence-electron chi connectivity index (χ1n) is 4.23. The molecule has 0 aliphatic rings. The second-order valence-corrected chi connectivity index (χ2v) is 3.04. The van der Waals surface area contributed by atoms with Crippen LogP contribution in [0, 0.1) is 0 Å². The highest BCUT2D eigenvalue weighted by Crippen LogP contribution is 1.69. The first kappa shape index (κ1) is 11.4. The van der Waals surface area contributed by atoms with Crippen LogP contribution in [0.5, 0.6) is 0 Å². The van der Waals surface area contributed by atoms with Crippen LogP contribution in [0.1, 0.15) is 6.92 Å². The molecule has 0 unspecified atom stereocenters. The van der Waals surface area contributed by atoms with Crippen LogP contribution in [0.4, 0.5) is 0 Å². The second-order valence-electron chi connectivity index (χ2n) is 3.04. The summed E-state index contributed by atoms with van der Waals surface area (Å²) >= 11 is 0. The van der Waals surface area contributed by atoms with Gasteiger partial charge in [-0.15, -0.1) is 0 Å². The van der Waals surface area contributed by atoms with E-state index in [1.807, 2.05) is 14.1 Å². The maximum absolute atomic E-state index is 10.4. The Hall–Kier alpha value is -0.610. The van der Waals surface area contributed by atoms with Crippen LogP contribution < -0.4 is 10.6 Å². The van der Waals surface area contributed by atoms with Crippen LogP contribution >= 0.6 is 0 Å². The van der Waals surface area contributed by atoms with E-state index in [9.17, 15) is 4.79 Å². The number of hydrogen-bond donors (Lipinski definition) is 2. The molecular weight excluding hydrogens is 154 g/mol. The van der Waals surface area contributed by atoms with E-state index in [1.54, 1.807) is 0 Å². The predicted octanol–water partition coefficient (Wildman–Crippen LogP) is -0.726. The molecule has 4 nitrogen and oxygen atoms in total. The van der Waals surface area contributed by atoms with E-state index in [2.05, 4.69) is 15.5 Å². The monoisotopic (exact) mass is 173 g/mol. The standard InChI is InChI=1S/C8H19N3O/c1-8(12)10-5-4-9-6-7-11(2)3/h9H,4-7H2,1-3H3,(H,10,12). The van der Waals surface area contributed by atoms with Crippen LogP contribution in [0.15, 0.2) is 0 Å². The van der Waals surface area contributed by atoms with Crippen LogP contribution in [-0.2, 0) is 4.79 Å². The number of amides is 1. The van der Waals surface area contributed by atoms with Gasteiger partial charge in [0.05, 0.1) is 0 Å². The zero-order valence-electron chi connectivity index (χ0n) is 8.18. The van der Waals surface area contributed by atoms with E-state index in [0.717, 1.165) is 19.6 Å². The summed E-state index contributed by atoms with van der Waals surface area (Å²) in [6.07, 6.45) is 0. The van der Waals surface area contributed by atoms with Gasteiger partial charge in [0.1, 0.15) is 0 Å². The largest absolute Gasteiger partial charge is 0.355 e. The van der Waals surface area contributed by atoms with Gasteiger partial charge in [0.2, 0.25) is 5.91 Å². The van der Waals surface area contributed by atoms with Crippen molar-refractivity contribution in [2.24, 2.45) is 0 Å². The molecule has 2 N–H and O–H groups in total. The van der Waals surface area contributed by atoms with Gasteiger partial charge >= 0.3 is 0 Å². The van der Waals surface area contributed by atoms with E-state index in [0.29, 0.717) is 6.54 Å². The summed E-state index contributed by atoms with van der Waals surface area (Å²) in [7, 11) is 4.07. The molecule has 0 aromatic carbocycles. The summed E-state index contributed by atoms with van der Waals surface area (Å²) in [5.74, 6) is 0.0319. The molecule has 0 fully saturated rings. The molecule has 0 radical (unpaired) electrons. The summed E-state index contributed by atoms with van der Waals surface area (Å²) in [6, 6.07) is 0. The minimum Gasteiger partial charge on any atom is -0.355 e. The Bertz CT molecular complexity index is 125. The van der Waals surface area contributed by atoms with Gasteiger partial charge in [-0.25, -0.2) is 0 Å². The van der Waals surface area contributed by atoms with Gasteiger partial charge in [-0.1, -0.05) is 0 Å². The Balaban J connectivity index is 2.96. The lowest BCUT2D eigenvalue weighted by Gasteiger charge is -2.10. The van der Waals surface area contributed by atoms with Gasteiger partial charge in [0.25, 0.3) is 0 Å². The molecule has 0 aromatic heterocycles. The third-order valence-electron chi connectivity index (χ3n) is 1.41. The highest BCUT2D eigenvalue weighted by atomic mass is 16.1. The number of hydrogen-bond acceptors (Lipinski definition) is 3. The molecule has 0 atom stereocenters. The van der Waals surface area contributed by atoms with E-state index in [4.69, 9.17) is 0 Å². The second kappa shape index (κ2) is 7.06. The van der Waals surface area contributed by atoms with Gasteiger partial charge in [-0.05, 0) is 14.1 Å². The Morgan fingerprint density at radius 2 is 1.92 bits per heavy atom. The fourth-order valence-electron chi connectivity index (χ4n) is 0.755. The van der Waals surface area contributed by atoms with Crippen LogP contribution in [0.2, 0.25) is 0 Å². The van der Waals surface area contributed by atoms with Gasteiger partial charge in [-0.3, -0.25) is 4.79 Å². The molecule has 0 heterocycles. The lowest BCUT2D eigenvalue weighted by molar-refractivity contribution is -0.118. The topological polar surface area (TPSA) is 44.4 Å². The predicted molar refractivity (Wildman–Crippen MR) is 50.1 cm³/mol. The fraction of sp³-hybridized carbons (Fsp3) is 0.875. The highest BCUT2D eigenvalue weighted by molar-refractivity contribution is 5.72. The van der Waals surface area contributed by atoms with E-state index < -0.39 is 0 Å². The Kier molecular flexibility index (Phi) is 6.70. The van der Waals surface area contributed by atoms with Crippen molar-refractivity contribution in [2.45, 2.75) is 6.92 Å². The smallest absolute Gasteiger partial charge is 0.216 e. The number of nitrogens with one attached hydrogen (secondary N) is 2. The first-order valence-corrected chi connectivity index (χ1v) is 4.23. The third kappa shape index (κ3) is 9.39. The Labute approximate surface area is 74.3 Å². The average molecular weight is 173 g/mol. The fourth-order valence-corrected chi connectivity index (χ4v) is 0.755. The average Bonchev–Trinajstić information content (AvgIpc) is 1.95. The molecule has 0 spiro atoms. The van der Waals surface area contributed by atoms with Crippen molar-refractivity contribution >= 4 is 5.91 Å². The van der Waals surface area contributed by atoms with Crippen molar-refractivity contribution in [3.8, 4) is 0 Å². The molecular formula is C8H19N3O. The Morgan fingerprint density at radius 3 is 2.42 bits per heavy atom. The first-order chi connectivity index (χ1) is 5.63. The van der Waals surface area contributed by atoms with Gasteiger partial charge in [0, 0.05) is 33.1 Å². The van der Waals surface area contributed by atoms with Gasteiger partial charge in [-0.2, -0.15) is 0 Å². The molecule has 72 valence electrons. The van der Waals surface area contributed by atoms with Crippen LogP contribution in [-0.4, -0.2) is 51.1 Å². The maximum atomic E-state index is 10.4. The molecule has 0 saturated carbocycles. The molecule has 1 amide bonds. The molecule has 0 aromatic rings. The summed E-state index contributed by atoms with van der Waals surface area (Å²) in [4.78, 5) is 12.6. The normalized spacial score (nSPS) is 10.3. The third-order valence-corrected chi connectivity index (χ3v) is 1.41. The minimum atomic E-state index is 0.0319. The molecule has 0 saturated heterocycles. The summed E-state index contributed by atoms with van der Waals surface area (Å²) < 4.78 is 0. The summed E-state index contributed by atoms with van der Waals surface area (Å²) in [6.45, 7) is 5.07. The summed E-state index contributed by atoms with van der Waals surface area (Å²) in [5, 5.41) is 5.93. The molecule has 4 heteroatoms. The Morgan fingerprint density at radius 1 is 1.25 bits per heavy atom. The number of rotatable bonds is 6. The number of likely N-dealkylation sites (N-methyl/N-ethyl adjacent to an activating group) is 1. The van der Waals surface area contributed by atoms with E-state index in [1.165, 1.54) is 6.92 Å². The highest BCUT2D eigenvalue weighted by Gasteiger charge is 1.91. The lowest BCUT2D eigenvalue weighted by Crippen LogP contribution is -2.33. The SMILES string of the molecule is CC(=O)NCCNCCN(C)C. The summed E-state index contributed by atoms with van der Waals surface area (Å²) in [5.41, 5.74) is 0. The van der Waals surface area contributed by atoms with Crippen molar-refractivity contribution in [2.75, 3.05) is 40.3 Å². The van der Waals surface area contributed by atoms with Crippen LogP contribution in [0.3, 0.4) is 0 Å². The van der Waals surface area contributed by atoms with Crippen molar-refractivity contribution in [1.82, 2.24) is 15.5 Å². The van der Waals surface area contributed by atoms with Gasteiger partial charge < -0.3 is 15.5 Å². The molecule has 0 rings (SSSR count). The number of carbonyl (C=O) groups excluding carboxylic acids is 1. The van der Waals surface area contributed by atoms with Gasteiger partial charge in [0.15, 0.2) is 0 Å². The van der Waals surface area contributed by atoms with Crippen molar-refractivity contribution < 1.29 is 4.79 Å². The zero-order chi connectivity index (χ0) is 9.40. The van der Waals surface area contributed by atoms with Crippen molar-refractivity contribution in [3.63, 3.8) is 0 Å². The quantitative estimate of drug-likeness (QED) is 0.521.